The van der Waals surface area contributed by atoms with Crippen molar-refractivity contribution in [1.29, 1.82) is 0 Å². The Morgan fingerprint density at radius 1 is 0.923 bits per heavy atom. The second-order valence-corrected chi connectivity index (χ2v) is 13.5. The van der Waals surface area contributed by atoms with Gasteiger partial charge in [-0.3, -0.25) is 13.9 Å². The predicted octanol–water partition coefficient (Wildman–Crippen LogP) is 5.42. The van der Waals surface area contributed by atoms with Crippen LogP contribution in [-0.4, -0.2) is 49.5 Å². The van der Waals surface area contributed by atoms with Crippen molar-refractivity contribution in [1.82, 2.24) is 10.2 Å². The minimum absolute atomic E-state index is 0.0820. The fraction of sp³-hybridized carbons (Fsp3) is 0.310. The molecule has 7 nitrogen and oxygen atoms in total. The quantitative estimate of drug-likeness (QED) is 0.323. The highest BCUT2D eigenvalue weighted by molar-refractivity contribution is 9.10. The molecule has 208 valence electrons. The number of nitrogens with zero attached hydrogens (tertiary/aromatic N) is 2. The van der Waals surface area contributed by atoms with Gasteiger partial charge in [0.2, 0.25) is 21.8 Å². The fourth-order valence-corrected chi connectivity index (χ4v) is 5.65. The molecule has 0 aliphatic heterocycles. The zero-order chi connectivity index (χ0) is 28.8. The van der Waals surface area contributed by atoms with Gasteiger partial charge < -0.3 is 10.2 Å². The van der Waals surface area contributed by atoms with Gasteiger partial charge in [0.1, 0.15) is 12.6 Å². The molecule has 0 fully saturated rings. The minimum Gasteiger partial charge on any atom is -0.350 e. The number of benzene rings is 3. The van der Waals surface area contributed by atoms with Crippen molar-refractivity contribution in [2.24, 2.45) is 0 Å². The number of hydrogen-bond acceptors (Lipinski definition) is 4. The van der Waals surface area contributed by atoms with Crippen LogP contribution in [0.15, 0.2) is 83.3 Å². The first-order valence-electron chi connectivity index (χ1n) is 12.4. The normalized spacial score (nSPS) is 12.5. The van der Waals surface area contributed by atoms with Gasteiger partial charge in [0, 0.05) is 28.0 Å². The Hall–Kier alpha value is -2.88. The smallest absolute Gasteiger partial charge is 0.244 e. The lowest BCUT2D eigenvalue weighted by atomic mass is 10.0. The van der Waals surface area contributed by atoms with E-state index in [1.165, 1.54) is 4.90 Å². The van der Waals surface area contributed by atoms with Crippen LogP contribution in [0.25, 0.3) is 0 Å². The van der Waals surface area contributed by atoms with E-state index < -0.39 is 34.1 Å². The molecule has 3 aromatic rings. The fourth-order valence-electron chi connectivity index (χ4n) is 4.04. The molecule has 0 bridgehead atoms. The summed E-state index contributed by atoms with van der Waals surface area (Å²) in [4.78, 5) is 29.2. The summed E-state index contributed by atoms with van der Waals surface area (Å²) in [5, 5.41) is 3.54. The number of anilines is 1. The molecular formula is C29H33BrClN3O4S. The van der Waals surface area contributed by atoms with Crippen LogP contribution in [0.3, 0.4) is 0 Å². The monoisotopic (exact) mass is 633 g/mol. The number of amides is 2. The Kier molecular flexibility index (Phi) is 10.2. The lowest BCUT2D eigenvalue weighted by Crippen LogP contribution is -2.56. The Balaban J connectivity index is 2.08. The molecule has 3 rings (SSSR count). The van der Waals surface area contributed by atoms with Crippen LogP contribution in [0, 0.1) is 0 Å². The third kappa shape index (κ3) is 9.08. The van der Waals surface area contributed by atoms with E-state index in [2.05, 4.69) is 21.2 Å². The van der Waals surface area contributed by atoms with E-state index in [0.717, 1.165) is 21.7 Å². The van der Waals surface area contributed by atoms with Gasteiger partial charge in [-0.1, -0.05) is 66.2 Å². The van der Waals surface area contributed by atoms with Gasteiger partial charge >= 0.3 is 0 Å². The SMILES string of the molecule is CC(C)(C)NC(=O)[C@H](Cc1ccccc1)N(Cc1ccc(Cl)cc1)C(=O)CN(c1ccccc1Br)S(C)(=O)=O. The summed E-state index contributed by atoms with van der Waals surface area (Å²) in [6.07, 6.45) is 1.30. The molecule has 0 aliphatic carbocycles. The maximum atomic E-state index is 14.1. The van der Waals surface area contributed by atoms with Crippen LogP contribution in [0.4, 0.5) is 5.69 Å². The summed E-state index contributed by atoms with van der Waals surface area (Å²) in [7, 11) is -3.84. The van der Waals surface area contributed by atoms with Crippen molar-refractivity contribution < 1.29 is 18.0 Å². The summed E-state index contributed by atoms with van der Waals surface area (Å²) in [5.41, 5.74) is 1.40. The largest absolute Gasteiger partial charge is 0.350 e. The molecule has 3 aromatic carbocycles. The van der Waals surface area contributed by atoms with Crippen LogP contribution in [0.5, 0.6) is 0 Å². The molecular weight excluding hydrogens is 602 g/mol. The van der Waals surface area contributed by atoms with Crippen molar-refractivity contribution in [2.75, 3.05) is 17.1 Å². The van der Waals surface area contributed by atoms with Crippen molar-refractivity contribution in [3.8, 4) is 0 Å². The average Bonchev–Trinajstić information content (AvgIpc) is 2.85. The standard InChI is InChI=1S/C29H33BrClN3O4S/c1-29(2,3)32-28(36)26(18-21-10-6-5-7-11-21)33(19-22-14-16-23(31)17-15-22)27(35)20-34(39(4,37)38)25-13-9-8-12-24(25)30/h5-17,26H,18-20H2,1-4H3,(H,32,36)/t26-/m0/s1. The molecule has 0 radical (unpaired) electrons. The lowest BCUT2D eigenvalue weighted by Gasteiger charge is -2.35. The third-order valence-corrected chi connectivity index (χ3v) is 7.88. The highest BCUT2D eigenvalue weighted by Crippen LogP contribution is 2.28. The number of carbonyl (C=O) groups is 2. The molecule has 1 N–H and O–H groups in total. The second-order valence-electron chi connectivity index (χ2n) is 10.3. The van der Waals surface area contributed by atoms with Crippen LogP contribution >= 0.6 is 27.5 Å². The number of sulfonamides is 1. The number of para-hydroxylation sites is 1. The van der Waals surface area contributed by atoms with E-state index in [-0.39, 0.29) is 18.9 Å². The Labute approximate surface area is 244 Å². The summed E-state index contributed by atoms with van der Waals surface area (Å²) in [5.74, 6) is -0.850. The molecule has 0 aliphatic rings. The number of rotatable bonds is 10. The van der Waals surface area contributed by atoms with Gasteiger partial charge in [-0.2, -0.15) is 0 Å². The van der Waals surface area contributed by atoms with Gasteiger partial charge in [0.25, 0.3) is 0 Å². The Bertz CT molecular complexity index is 1390. The Morgan fingerprint density at radius 2 is 1.51 bits per heavy atom. The van der Waals surface area contributed by atoms with Crippen LogP contribution in [-0.2, 0) is 32.6 Å². The lowest BCUT2D eigenvalue weighted by molar-refractivity contribution is -0.140. The van der Waals surface area contributed by atoms with E-state index >= 15 is 0 Å². The molecule has 0 unspecified atom stereocenters. The van der Waals surface area contributed by atoms with Crippen molar-refractivity contribution in [3.63, 3.8) is 0 Å². The van der Waals surface area contributed by atoms with E-state index in [1.807, 2.05) is 51.1 Å². The zero-order valence-electron chi connectivity index (χ0n) is 22.4. The molecule has 0 heterocycles. The second kappa shape index (κ2) is 13.0. The number of nitrogens with one attached hydrogen (secondary N) is 1. The van der Waals surface area contributed by atoms with Crippen molar-refractivity contribution in [3.05, 3.63) is 99.5 Å². The van der Waals surface area contributed by atoms with E-state index in [9.17, 15) is 18.0 Å². The van der Waals surface area contributed by atoms with E-state index in [4.69, 9.17) is 11.6 Å². The van der Waals surface area contributed by atoms with Gasteiger partial charge in [-0.25, -0.2) is 8.42 Å². The third-order valence-electron chi connectivity index (χ3n) is 5.84. The molecule has 0 saturated carbocycles. The first-order chi connectivity index (χ1) is 18.2. The van der Waals surface area contributed by atoms with Gasteiger partial charge in [-0.15, -0.1) is 0 Å². The van der Waals surface area contributed by atoms with Gasteiger partial charge in [0.05, 0.1) is 11.9 Å². The molecule has 1 atom stereocenters. The van der Waals surface area contributed by atoms with Crippen LogP contribution in [0.1, 0.15) is 31.9 Å². The molecule has 39 heavy (non-hydrogen) atoms. The molecule has 0 aromatic heterocycles. The molecule has 2 amide bonds. The predicted molar refractivity (Wildman–Crippen MR) is 160 cm³/mol. The average molecular weight is 635 g/mol. The van der Waals surface area contributed by atoms with Gasteiger partial charge in [-0.05, 0) is 72.1 Å². The number of carbonyl (C=O) groups excluding carboxylic acids is 2. The van der Waals surface area contributed by atoms with Crippen LogP contribution in [0.2, 0.25) is 5.02 Å². The molecule has 0 saturated heterocycles. The summed E-state index contributed by atoms with van der Waals surface area (Å²) in [6, 6.07) is 22.3. The summed E-state index contributed by atoms with van der Waals surface area (Å²) < 4.78 is 27.3. The summed E-state index contributed by atoms with van der Waals surface area (Å²) >= 11 is 9.48. The number of halogens is 2. The van der Waals surface area contributed by atoms with Gasteiger partial charge in [0.15, 0.2) is 0 Å². The minimum atomic E-state index is -3.84. The first-order valence-corrected chi connectivity index (χ1v) is 15.4. The highest BCUT2D eigenvalue weighted by atomic mass is 79.9. The summed E-state index contributed by atoms with van der Waals surface area (Å²) in [6.45, 7) is 5.21. The maximum absolute atomic E-state index is 14.1. The first kappa shape index (κ1) is 30.7. The maximum Gasteiger partial charge on any atom is 0.244 e. The Morgan fingerprint density at radius 3 is 2.08 bits per heavy atom. The highest BCUT2D eigenvalue weighted by Gasteiger charge is 2.34. The van der Waals surface area contributed by atoms with Crippen molar-refractivity contribution >= 4 is 55.1 Å². The van der Waals surface area contributed by atoms with E-state index in [1.54, 1.807) is 48.5 Å². The molecule has 10 heteroatoms. The van der Waals surface area contributed by atoms with Crippen LogP contribution < -0.4 is 9.62 Å². The molecule has 0 spiro atoms. The van der Waals surface area contributed by atoms with E-state index in [0.29, 0.717) is 15.2 Å². The van der Waals surface area contributed by atoms with Crippen molar-refractivity contribution in [2.45, 2.75) is 45.3 Å². The topological polar surface area (TPSA) is 86.8 Å². The zero-order valence-corrected chi connectivity index (χ0v) is 25.6. The number of hydrogen-bond donors (Lipinski definition) is 1.